The molecule has 1 amide bonds. The Labute approximate surface area is 157 Å². The smallest absolute Gasteiger partial charge is 0.258 e. The van der Waals surface area contributed by atoms with E-state index in [0.29, 0.717) is 10.7 Å². The van der Waals surface area contributed by atoms with Gasteiger partial charge in [0.15, 0.2) is 5.13 Å². The minimum Gasteiger partial charge on any atom is -0.298 e. The summed E-state index contributed by atoms with van der Waals surface area (Å²) in [5, 5.41) is 7.43. The van der Waals surface area contributed by atoms with E-state index >= 15 is 0 Å². The Morgan fingerprint density at radius 3 is 2.68 bits per heavy atom. The summed E-state index contributed by atoms with van der Waals surface area (Å²) in [6.07, 6.45) is 0. The zero-order chi connectivity index (χ0) is 17.2. The van der Waals surface area contributed by atoms with Crippen molar-refractivity contribution in [1.29, 1.82) is 0 Å². The second kappa shape index (κ2) is 6.78. The van der Waals surface area contributed by atoms with Gasteiger partial charge in [0.25, 0.3) is 5.91 Å². The van der Waals surface area contributed by atoms with E-state index in [2.05, 4.69) is 26.2 Å². The Bertz CT molecular complexity index is 1070. The molecule has 0 aliphatic rings. The van der Waals surface area contributed by atoms with Gasteiger partial charge in [0.2, 0.25) is 0 Å². The maximum absolute atomic E-state index is 12.7. The minimum atomic E-state index is -0.146. The van der Waals surface area contributed by atoms with Crippen molar-refractivity contribution in [3.63, 3.8) is 0 Å². The minimum absolute atomic E-state index is 0.146. The third-order valence-corrected chi connectivity index (χ3v) is 5.13. The fourth-order valence-corrected chi connectivity index (χ4v) is 3.81. The van der Waals surface area contributed by atoms with Crippen LogP contribution in [0.3, 0.4) is 0 Å². The zero-order valence-corrected chi connectivity index (χ0v) is 15.5. The number of aromatic nitrogens is 1. The lowest BCUT2D eigenvalue weighted by Crippen LogP contribution is -2.12. The summed E-state index contributed by atoms with van der Waals surface area (Å²) in [5.74, 6) is -0.146. The topological polar surface area (TPSA) is 42.0 Å². The standard InChI is InChI=1S/C20H13BrN2OS/c21-15-8-3-7-14(11-15)18-12-25-20(22-18)23-19(24)17-10-4-6-13-5-1-2-9-16(13)17/h1-12H,(H,22,23,24). The first-order valence-corrected chi connectivity index (χ1v) is 9.38. The summed E-state index contributed by atoms with van der Waals surface area (Å²) < 4.78 is 0.999. The third kappa shape index (κ3) is 3.34. The molecule has 0 saturated carbocycles. The molecule has 0 bridgehead atoms. The van der Waals surface area contributed by atoms with Crippen LogP contribution in [-0.4, -0.2) is 10.9 Å². The van der Waals surface area contributed by atoms with Crippen LogP contribution < -0.4 is 5.32 Å². The van der Waals surface area contributed by atoms with Gasteiger partial charge < -0.3 is 0 Å². The predicted molar refractivity (Wildman–Crippen MR) is 107 cm³/mol. The van der Waals surface area contributed by atoms with Crippen molar-refractivity contribution in [3.05, 3.63) is 82.1 Å². The number of nitrogens with one attached hydrogen (secondary N) is 1. The van der Waals surface area contributed by atoms with E-state index in [-0.39, 0.29) is 5.91 Å². The lowest BCUT2D eigenvalue weighted by Gasteiger charge is -2.06. The zero-order valence-electron chi connectivity index (χ0n) is 13.1. The highest BCUT2D eigenvalue weighted by atomic mass is 79.9. The van der Waals surface area contributed by atoms with E-state index in [1.165, 1.54) is 11.3 Å². The number of hydrogen-bond acceptors (Lipinski definition) is 3. The Morgan fingerprint density at radius 2 is 1.80 bits per heavy atom. The molecule has 3 nitrogen and oxygen atoms in total. The molecule has 3 aromatic carbocycles. The molecule has 0 unspecified atom stereocenters. The van der Waals surface area contributed by atoms with Crippen molar-refractivity contribution in [2.24, 2.45) is 0 Å². The number of fused-ring (bicyclic) bond motifs is 1. The normalized spacial score (nSPS) is 10.8. The highest BCUT2D eigenvalue weighted by Crippen LogP contribution is 2.27. The van der Waals surface area contributed by atoms with Crippen molar-refractivity contribution in [2.75, 3.05) is 5.32 Å². The van der Waals surface area contributed by atoms with E-state index in [4.69, 9.17) is 0 Å². The summed E-state index contributed by atoms with van der Waals surface area (Å²) in [4.78, 5) is 17.2. The molecular weight excluding hydrogens is 396 g/mol. The molecule has 0 atom stereocenters. The lowest BCUT2D eigenvalue weighted by atomic mass is 10.0. The number of amides is 1. The van der Waals surface area contributed by atoms with E-state index in [0.717, 1.165) is 26.5 Å². The lowest BCUT2D eigenvalue weighted by molar-refractivity contribution is 0.102. The van der Waals surface area contributed by atoms with E-state index < -0.39 is 0 Å². The van der Waals surface area contributed by atoms with E-state index in [1.54, 1.807) is 0 Å². The van der Waals surface area contributed by atoms with Crippen molar-refractivity contribution >= 4 is 49.1 Å². The molecule has 0 aliphatic heterocycles. The monoisotopic (exact) mass is 408 g/mol. The Morgan fingerprint density at radius 1 is 1.00 bits per heavy atom. The number of carbonyl (C=O) groups excluding carboxylic acids is 1. The average Bonchev–Trinajstić information content (AvgIpc) is 3.10. The summed E-state index contributed by atoms with van der Waals surface area (Å²) in [6, 6.07) is 21.5. The number of rotatable bonds is 3. The van der Waals surface area contributed by atoms with Gasteiger partial charge in [0.1, 0.15) is 0 Å². The Hall–Kier alpha value is -2.50. The van der Waals surface area contributed by atoms with Crippen molar-refractivity contribution in [1.82, 2.24) is 4.98 Å². The molecule has 122 valence electrons. The van der Waals surface area contributed by atoms with Crippen LogP contribution in [0.4, 0.5) is 5.13 Å². The van der Waals surface area contributed by atoms with E-state index in [9.17, 15) is 4.79 Å². The van der Waals surface area contributed by atoms with Gasteiger partial charge in [-0.15, -0.1) is 11.3 Å². The van der Waals surface area contributed by atoms with Gasteiger partial charge in [-0.25, -0.2) is 4.98 Å². The maximum Gasteiger partial charge on any atom is 0.258 e. The van der Waals surface area contributed by atoms with E-state index in [1.807, 2.05) is 72.1 Å². The largest absolute Gasteiger partial charge is 0.298 e. The Balaban J connectivity index is 1.61. The fraction of sp³-hybridized carbons (Fsp3) is 0. The fourth-order valence-electron chi connectivity index (χ4n) is 2.70. The van der Waals surface area contributed by atoms with Crippen LogP contribution in [0.25, 0.3) is 22.0 Å². The molecule has 1 N–H and O–H groups in total. The van der Waals surface area contributed by atoms with Crippen LogP contribution in [0.2, 0.25) is 0 Å². The molecular formula is C20H13BrN2OS. The van der Waals surface area contributed by atoms with Gasteiger partial charge in [0, 0.05) is 21.0 Å². The van der Waals surface area contributed by atoms with Crippen LogP contribution in [0, 0.1) is 0 Å². The molecule has 0 spiro atoms. The second-order valence-corrected chi connectivity index (χ2v) is 7.30. The second-order valence-electron chi connectivity index (χ2n) is 5.53. The number of anilines is 1. The van der Waals surface area contributed by atoms with Crippen molar-refractivity contribution in [2.45, 2.75) is 0 Å². The summed E-state index contributed by atoms with van der Waals surface area (Å²) in [6.45, 7) is 0. The molecule has 1 heterocycles. The first-order chi connectivity index (χ1) is 12.2. The van der Waals surface area contributed by atoms with Crippen LogP contribution >= 0.6 is 27.3 Å². The SMILES string of the molecule is O=C(Nc1nc(-c2cccc(Br)c2)cs1)c1cccc2ccccc12. The van der Waals surface area contributed by atoms with Crippen molar-refractivity contribution in [3.8, 4) is 11.3 Å². The maximum atomic E-state index is 12.7. The summed E-state index contributed by atoms with van der Waals surface area (Å²) >= 11 is 4.89. The first-order valence-electron chi connectivity index (χ1n) is 7.71. The number of halogens is 1. The number of carbonyl (C=O) groups is 1. The quantitative estimate of drug-likeness (QED) is 0.453. The van der Waals surface area contributed by atoms with Gasteiger partial charge in [-0.2, -0.15) is 0 Å². The van der Waals surface area contributed by atoms with Gasteiger partial charge in [-0.05, 0) is 29.0 Å². The number of hydrogen-bond donors (Lipinski definition) is 1. The van der Waals surface area contributed by atoms with Gasteiger partial charge in [-0.1, -0.05) is 64.5 Å². The highest BCUT2D eigenvalue weighted by Gasteiger charge is 2.12. The van der Waals surface area contributed by atoms with Gasteiger partial charge in [0.05, 0.1) is 5.69 Å². The summed E-state index contributed by atoms with van der Waals surface area (Å²) in [5.41, 5.74) is 2.51. The van der Waals surface area contributed by atoms with Crippen LogP contribution in [0.5, 0.6) is 0 Å². The first kappa shape index (κ1) is 16.0. The summed E-state index contributed by atoms with van der Waals surface area (Å²) in [7, 11) is 0. The Kier molecular flexibility index (Phi) is 4.34. The molecule has 0 aliphatic carbocycles. The predicted octanol–water partition coefficient (Wildman–Crippen LogP) is 5.98. The molecule has 5 heteroatoms. The molecule has 0 fully saturated rings. The molecule has 4 rings (SSSR count). The highest BCUT2D eigenvalue weighted by molar-refractivity contribution is 9.10. The van der Waals surface area contributed by atoms with Crippen LogP contribution in [0.15, 0.2) is 76.6 Å². The average molecular weight is 409 g/mol. The van der Waals surface area contributed by atoms with Crippen LogP contribution in [-0.2, 0) is 0 Å². The van der Waals surface area contributed by atoms with Gasteiger partial charge >= 0.3 is 0 Å². The van der Waals surface area contributed by atoms with Crippen LogP contribution in [0.1, 0.15) is 10.4 Å². The van der Waals surface area contributed by atoms with Crippen molar-refractivity contribution < 1.29 is 4.79 Å². The number of benzene rings is 3. The molecule has 25 heavy (non-hydrogen) atoms. The molecule has 4 aromatic rings. The molecule has 0 radical (unpaired) electrons. The third-order valence-electron chi connectivity index (χ3n) is 3.88. The number of nitrogens with zero attached hydrogens (tertiary/aromatic N) is 1. The van der Waals surface area contributed by atoms with Gasteiger partial charge in [-0.3, -0.25) is 10.1 Å². The number of thiazole rings is 1. The molecule has 1 aromatic heterocycles. The molecule has 0 saturated heterocycles.